The topological polar surface area (TPSA) is 92.5 Å². The van der Waals surface area contributed by atoms with Gasteiger partial charge in [-0.05, 0) is 31.7 Å². The summed E-state index contributed by atoms with van der Waals surface area (Å²) in [6, 6.07) is 5.52. The number of nitro benzene ring substituents is 1. The van der Waals surface area contributed by atoms with Crippen LogP contribution >= 0.6 is 0 Å². The van der Waals surface area contributed by atoms with E-state index in [1.807, 2.05) is 0 Å². The van der Waals surface area contributed by atoms with Gasteiger partial charge in [0.2, 0.25) is 0 Å². The zero-order valence-corrected chi connectivity index (χ0v) is 12.6. The van der Waals surface area contributed by atoms with Crippen molar-refractivity contribution in [3.05, 3.63) is 39.9 Å². The Balaban J connectivity index is 2.61. The Hall–Kier alpha value is -1.95. The molecule has 0 spiro atoms. The molecule has 6 heteroatoms. The van der Waals surface area contributed by atoms with Gasteiger partial charge in [-0.3, -0.25) is 14.9 Å². The standard InChI is InChI=1S/C15H22N2O4/c1-11(2)7-8-15(3,19)10-16-14(18)12-5-4-6-13(9-12)17(20)21/h4-6,9,11,19H,7-8,10H2,1-3H3,(H,16,18). The van der Waals surface area contributed by atoms with Gasteiger partial charge in [-0.15, -0.1) is 0 Å². The molecule has 1 rings (SSSR count). The number of aliphatic hydroxyl groups is 1. The summed E-state index contributed by atoms with van der Waals surface area (Å²) in [5.74, 6) is 0.0486. The predicted molar refractivity (Wildman–Crippen MR) is 80.1 cm³/mol. The summed E-state index contributed by atoms with van der Waals surface area (Å²) < 4.78 is 0. The summed E-state index contributed by atoms with van der Waals surface area (Å²) in [5.41, 5.74) is -0.904. The van der Waals surface area contributed by atoms with Crippen molar-refractivity contribution in [2.75, 3.05) is 6.54 Å². The molecule has 1 aromatic rings. The Morgan fingerprint density at radius 1 is 1.48 bits per heavy atom. The largest absolute Gasteiger partial charge is 0.388 e. The third-order valence-electron chi connectivity index (χ3n) is 3.21. The predicted octanol–water partition coefficient (Wildman–Crippen LogP) is 2.51. The summed E-state index contributed by atoms with van der Waals surface area (Å²) in [6.07, 6.45) is 1.44. The van der Waals surface area contributed by atoms with Crippen LogP contribution in [0.15, 0.2) is 24.3 Å². The van der Waals surface area contributed by atoms with Gasteiger partial charge in [-0.2, -0.15) is 0 Å². The number of non-ortho nitro benzene ring substituents is 1. The van der Waals surface area contributed by atoms with E-state index in [0.717, 1.165) is 6.42 Å². The Labute approximate surface area is 124 Å². The number of nitro groups is 1. The Morgan fingerprint density at radius 3 is 2.71 bits per heavy atom. The van der Waals surface area contributed by atoms with Crippen LogP contribution in [0.25, 0.3) is 0 Å². The van der Waals surface area contributed by atoms with Gasteiger partial charge in [0.05, 0.1) is 10.5 Å². The lowest BCUT2D eigenvalue weighted by Gasteiger charge is -2.24. The second kappa shape index (κ2) is 7.17. The van der Waals surface area contributed by atoms with E-state index in [9.17, 15) is 20.0 Å². The highest BCUT2D eigenvalue weighted by Gasteiger charge is 2.22. The van der Waals surface area contributed by atoms with E-state index < -0.39 is 16.4 Å². The van der Waals surface area contributed by atoms with Crippen molar-refractivity contribution in [3.8, 4) is 0 Å². The molecule has 0 heterocycles. The fourth-order valence-electron chi connectivity index (χ4n) is 1.82. The number of hydrogen-bond acceptors (Lipinski definition) is 4. The zero-order chi connectivity index (χ0) is 16.0. The van der Waals surface area contributed by atoms with Crippen LogP contribution in [0.1, 0.15) is 44.0 Å². The van der Waals surface area contributed by atoms with E-state index in [2.05, 4.69) is 19.2 Å². The molecule has 0 fully saturated rings. The molecule has 0 aliphatic heterocycles. The first kappa shape index (κ1) is 17.1. The van der Waals surface area contributed by atoms with Crippen LogP contribution in [0.5, 0.6) is 0 Å². The molecule has 1 aromatic carbocycles. The minimum Gasteiger partial charge on any atom is -0.388 e. The molecule has 1 amide bonds. The Bertz CT molecular complexity index is 512. The molecule has 0 aromatic heterocycles. The van der Waals surface area contributed by atoms with Gasteiger partial charge in [-0.25, -0.2) is 0 Å². The van der Waals surface area contributed by atoms with Crippen LogP contribution in [-0.2, 0) is 0 Å². The maximum atomic E-state index is 12.0. The van der Waals surface area contributed by atoms with Crippen molar-refractivity contribution in [3.63, 3.8) is 0 Å². The van der Waals surface area contributed by atoms with E-state index in [1.165, 1.54) is 24.3 Å². The molecule has 0 saturated carbocycles. The van der Waals surface area contributed by atoms with E-state index in [1.54, 1.807) is 6.92 Å². The van der Waals surface area contributed by atoms with Gasteiger partial charge in [0.1, 0.15) is 0 Å². The second-order valence-corrected chi connectivity index (χ2v) is 5.92. The maximum Gasteiger partial charge on any atom is 0.270 e. The molecule has 0 saturated heterocycles. The minimum absolute atomic E-state index is 0.112. The third kappa shape index (κ3) is 5.91. The molecule has 6 nitrogen and oxygen atoms in total. The van der Waals surface area contributed by atoms with E-state index >= 15 is 0 Å². The van der Waals surface area contributed by atoms with Crippen LogP contribution in [0, 0.1) is 16.0 Å². The van der Waals surface area contributed by atoms with Crippen molar-refractivity contribution >= 4 is 11.6 Å². The van der Waals surface area contributed by atoms with Crippen LogP contribution in [-0.4, -0.2) is 28.1 Å². The number of nitrogens with one attached hydrogen (secondary N) is 1. The van der Waals surface area contributed by atoms with Crippen molar-refractivity contribution in [2.24, 2.45) is 5.92 Å². The molecule has 1 unspecified atom stereocenters. The van der Waals surface area contributed by atoms with E-state index in [-0.39, 0.29) is 17.8 Å². The molecular weight excluding hydrogens is 272 g/mol. The summed E-state index contributed by atoms with van der Waals surface area (Å²) in [7, 11) is 0. The fourth-order valence-corrected chi connectivity index (χ4v) is 1.82. The van der Waals surface area contributed by atoms with Gasteiger partial charge >= 0.3 is 0 Å². The number of carbonyl (C=O) groups excluding carboxylic acids is 1. The van der Waals surface area contributed by atoms with Gasteiger partial charge in [-0.1, -0.05) is 19.9 Å². The average Bonchev–Trinajstić information content (AvgIpc) is 2.43. The van der Waals surface area contributed by atoms with Crippen molar-refractivity contribution < 1.29 is 14.8 Å². The van der Waals surface area contributed by atoms with Gasteiger partial charge in [0.25, 0.3) is 11.6 Å². The number of carbonyl (C=O) groups is 1. The monoisotopic (exact) mass is 294 g/mol. The van der Waals surface area contributed by atoms with Crippen LogP contribution in [0.2, 0.25) is 0 Å². The molecule has 1 atom stereocenters. The summed E-state index contributed by atoms with van der Waals surface area (Å²) in [4.78, 5) is 22.1. The molecule has 0 bridgehead atoms. The van der Waals surface area contributed by atoms with E-state index in [4.69, 9.17) is 0 Å². The van der Waals surface area contributed by atoms with E-state index in [0.29, 0.717) is 12.3 Å². The first-order chi connectivity index (χ1) is 9.71. The third-order valence-corrected chi connectivity index (χ3v) is 3.21. The van der Waals surface area contributed by atoms with Gasteiger partial charge in [0.15, 0.2) is 0 Å². The zero-order valence-electron chi connectivity index (χ0n) is 12.6. The molecule has 0 radical (unpaired) electrons. The maximum absolute atomic E-state index is 12.0. The molecule has 116 valence electrons. The van der Waals surface area contributed by atoms with Crippen LogP contribution in [0.4, 0.5) is 5.69 Å². The lowest BCUT2D eigenvalue weighted by Crippen LogP contribution is -2.40. The molecule has 0 aliphatic carbocycles. The highest BCUT2D eigenvalue weighted by atomic mass is 16.6. The van der Waals surface area contributed by atoms with Gasteiger partial charge < -0.3 is 10.4 Å². The molecular formula is C15H22N2O4. The second-order valence-electron chi connectivity index (χ2n) is 5.92. The first-order valence-corrected chi connectivity index (χ1v) is 6.96. The highest BCUT2D eigenvalue weighted by molar-refractivity contribution is 5.94. The van der Waals surface area contributed by atoms with Crippen LogP contribution in [0.3, 0.4) is 0 Å². The number of nitrogens with zero attached hydrogens (tertiary/aromatic N) is 1. The van der Waals surface area contributed by atoms with Crippen molar-refractivity contribution in [1.29, 1.82) is 0 Å². The smallest absolute Gasteiger partial charge is 0.270 e. The lowest BCUT2D eigenvalue weighted by atomic mass is 9.95. The number of amides is 1. The number of benzene rings is 1. The first-order valence-electron chi connectivity index (χ1n) is 6.96. The quantitative estimate of drug-likeness (QED) is 0.597. The number of hydrogen-bond donors (Lipinski definition) is 2. The Kier molecular flexibility index (Phi) is 5.84. The number of rotatable bonds is 7. The summed E-state index contributed by atoms with van der Waals surface area (Å²) >= 11 is 0. The van der Waals surface area contributed by atoms with Gasteiger partial charge in [0, 0.05) is 24.2 Å². The molecule has 21 heavy (non-hydrogen) atoms. The van der Waals surface area contributed by atoms with Crippen LogP contribution < -0.4 is 5.32 Å². The highest BCUT2D eigenvalue weighted by Crippen LogP contribution is 2.16. The van der Waals surface area contributed by atoms with Crippen molar-refractivity contribution in [1.82, 2.24) is 5.32 Å². The molecule has 0 aliphatic rings. The lowest BCUT2D eigenvalue weighted by molar-refractivity contribution is -0.384. The molecule has 2 N–H and O–H groups in total. The fraction of sp³-hybridized carbons (Fsp3) is 0.533. The normalized spacial score (nSPS) is 13.8. The SMILES string of the molecule is CC(C)CCC(C)(O)CNC(=O)c1cccc([N+](=O)[O-])c1. The summed E-state index contributed by atoms with van der Waals surface area (Å²) in [6.45, 7) is 5.92. The average molecular weight is 294 g/mol. The Morgan fingerprint density at radius 2 is 2.14 bits per heavy atom. The minimum atomic E-state index is -0.985. The summed E-state index contributed by atoms with van der Waals surface area (Å²) in [5, 5.41) is 23.5. The van der Waals surface area contributed by atoms with Crippen molar-refractivity contribution in [2.45, 2.75) is 39.2 Å².